The first-order valence-corrected chi connectivity index (χ1v) is 6.64. The average Bonchev–Trinajstić information content (AvgIpc) is 2.91. The standard InChI is InChI=1S/C12H12N4OS/c1-18-11-4-2-3-10(9(11)7-13)14-6-5-12-15-8-16-17-12/h2-4,8,14H,5-6H2,1H3. The van der Waals surface area contributed by atoms with Gasteiger partial charge in [-0.25, -0.2) is 0 Å². The van der Waals surface area contributed by atoms with Gasteiger partial charge in [0.1, 0.15) is 6.07 Å². The van der Waals surface area contributed by atoms with E-state index < -0.39 is 0 Å². The molecule has 0 atom stereocenters. The summed E-state index contributed by atoms with van der Waals surface area (Å²) in [6.45, 7) is 0.648. The van der Waals surface area contributed by atoms with E-state index in [-0.39, 0.29) is 0 Å². The summed E-state index contributed by atoms with van der Waals surface area (Å²) in [5, 5.41) is 15.9. The molecule has 0 amide bonds. The molecule has 0 saturated carbocycles. The molecule has 0 saturated heterocycles. The topological polar surface area (TPSA) is 74.7 Å². The van der Waals surface area contributed by atoms with E-state index in [9.17, 15) is 0 Å². The van der Waals surface area contributed by atoms with Gasteiger partial charge in [-0.05, 0) is 18.4 Å². The van der Waals surface area contributed by atoms with Gasteiger partial charge in [0, 0.05) is 17.9 Å². The van der Waals surface area contributed by atoms with Crippen LogP contribution in [0.4, 0.5) is 5.69 Å². The number of anilines is 1. The van der Waals surface area contributed by atoms with Crippen LogP contribution in [0.5, 0.6) is 0 Å². The number of rotatable bonds is 5. The zero-order valence-corrected chi connectivity index (χ0v) is 10.7. The van der Waals surface area contributed by atoms with E-state index in [2.05, 4.69) is 21.5 Å². The number of nitrogens with one attached hydrogen (secondary N) is 1. The van der Waals surface area contributed by atoms with E-state index in [0.717, 1.165) is 10.6 Å². The first-order chi connectivity index (χ1) is 8.85. The van der Waals surface area contributed by atoms with Crippen LogP contribution in [0.25, 0.3) is 0 Å². The molecule has 0 aliphatic rings. The molecule has 1 aromatic carbocycles. The van der Waals surface area contributed by atoms with Crippen molar-refractivity contribution in [3.8, 4) is 6.07 Å². The van der Waals surface area contributed by atoms with Crippen molar-refractivity contribution in [2.75, 3.05) is 18.1 Å². The SMILES string of the molecule is CSc1cccc(NCCc2ncno2)c1C#N. The highest BCUT2D eigenvalue weighted by Crippen LogP contribution is 2.26. The second-order valence-electron chi connectivity index (χ2n) is 3.51. The Bertz CT molecular complexity index is 548. The molecule has 0 spiro atoms. The zero-order valence-electron chi connectivity index (χ0n) is 9.88. The van der Waals surface area contributed by atoms with Gasteiger partial charge in [0.2, 0.25) is 5.89 Å². The maximum absolute atomic E-state index is 9.17. The number of thioether (sulfide) groups is 1. The molecular weight excluding hydrogens is 248 g/mol. The number of benzene rings is 1. The third kappa shape index (κ3) is 2.81. The molecule has 1 aromatic heterocycles. The van der Waals surface area contributed by atoms with E-state index in [4.69, 9.17) is 9.78 Å². The van der Waals surface area contributed by atoms with Crippen molar-refractivity contribution in [3.63, 3.8) is 0 Å². The van der Waals surface area contributed by atoms with Crippen molar-refractivity contribution < 1.29 is 4.52 Å². The summed E-state index contributed by atoms with van der Waals surface area (Å²) < 4.78 is 4.90. The fraction of sp³-hybridized carbons (Fsp3) is 0.250. The van der Waals surface area contributed by atoms with Crippen molar-refractivity contribution in [2.24, 2.45) is 0 Å². The quantitative estimate of drug-likeness (QED) is 0.831. The van der Waals surface area contributed by atoms with Gasteiger partial charge in [-0.1, -0.05) is 11.2 Å². The molecule has 0 aliphatic carbocycles. The van der Waals surface area contributed by atoms with Crippen molar-refractivity contribution in [2.45, 2.75) is 11.3 Å². The van der Waals surface area contributed by atoms with Crippen molar-refractivity contribution in [1.82, 2.24) is 10.1 Å². The fourth-order valence-corrected chi connectivity index (χ4v) is 2.15. The van der Waals surface area contributed by atoms with Crippen LogP contribution in [-0.4, -0.2) is 22.9 Å². The molecule has 0 unspecified atom stereocenters. The fourth-order valence-electron chi connectivity index (χ4n) is 1.57. The molecule has 6 heteroatoms. The summed E-state index contributed by atoms with van der Waals surface area (Å²) in [7, 11) is 0. The van der Waals surface area contributed by atoms with Gasteiger partial charge in [0.15, 0.2) is 6.33 Å². The first kappa shape index (κ1) is 12.5. The highest BCUT2D eigenvalue weighted by molar-refractivity contribution is 7.98. The lowest BCUT2D eigenvalue weighted by atomic mass is 10.2. The molecule has 2 aromatic rings. The second-order valence-corrected chi connectivity index (χ2v) is 4.35. The Hall–Kier alpha value is -2.00. The normalized spacial score (nSPS) is 10.0. The third-order valence-electron chi connectivity index (χ3n) is 2.42. The van der Waals surface area contributed by atoms with Crippen LogP contribution in [0.3, 0.4) is 0 Å². The minimum Gasteiger partial charge on any atom is -0.383 e. The van der Waals surface area contributed by atoms with Crippen LogP contribution in [0.2, 0.25) is 0 Å². The molecule has 5 nitrogen and oxygen atoms in total. The van der Waals surface area contributed by atoms with Gasteiger partial charge in [0.05, 0.1) is 11.3 Å². The Morgan fingerprint density at radius 3 is 3.06 bits per heavy atom. The summed E-state index contributed by atoms with van der Waals surface area (Å²) in [4.78, 5) is 4.91. The molecule has 0 radical (unpaired) electrons. The van der Waals surface area contributed by atoms with Crippen LogP contribution >= 0.6 is 11.8 Å². The smallest absolute Gasteiger partial charge is 0.228 e. The van der Waals surface area contributed by atoms with Crippen molar-refractivity contribution >= 4 is 17.4 Å². The van der Waals surface area contributed by atoms with Crippen LogP contribution < -0.4 is 5.32 Å². The van der Waals surface area contributed by atoms with Gasteiger partial charge in [-0.2, -0.15) is 10.2 Å². The predicted octanol–water partition coefficient (Wildman–Crippen LogP) is 2.32. The Labute approximate surface area is 109 Å². The Balaban J connectivity index is 2.03. The summed E-state index contributed by atoms with van der Waals surface area (Å²) in [5.41, 5.74) is 1.51. The van der Waals surface area contributed by atoms with Crippen LogP contribution in [0.1, 0.15) is 11.5 Å². The summed E-state index contributed by atoms with van der Waals surface area (Å²) in [6, 6.07) is 7.99. The van der Waals surface area contributed by atoms with E-state index in [1.54, 1.807) is 11.8 Å². The molecule has 0 aliphatic heterocycles. The predicted molar refractivity (Wildman–Crippen MR) is 69.4 cm³/mol. The van der Waals surface area contributed by atoms with Crippen molar-refractivity contribution in [3.05, 3.63) is 36.0 Å². The molecule has 1 heterocycles. The first-order valence-electron chi connectivity index (χ1n) is 5.41. The molecule has 2 rings (SSSR count). The molecule has 0 fully saturated rings. The Morgan fingerprint density at radius 1 is 1.50 bits per heavy atom. The Kier molecular flexibility index (Phi) is 4.20. The van der Waals surface area contributed by atoms with E-state index >= 15 is 0 Å². The summed E-state index contributed by atoms with van der Waals surface area (Å²) in [5.74, 6) is 0.585. The number of nitrogens with zero attached hydrogens (tertiary/aromatic N) is 3. The Morgan fingerprint density at radius 2 is 2.39 bits per heavy atom. The number of aromatic nitrogens is 2. The summed E-state index contributed by atoms with van der Waals surface area (Å²) >= 11 is 1.56. The van der Waals surface area contributed by atoms with E-state index in [1.165, 1.54) is 6.33 Å². The lowest BCUT2D eigenvalue weighted by Crippen LogP contribution is -2.06. The number of nitriles is 1. The lowest BCUT2D eigenvalue weighted by Gasteiger charge is -2.09. The monoisotopic (exact) mass is 260 g/mol. The second kappa shape index (κ2) is 6.07. The molecule has 1 N–H and O–H groups in total. The van der Waals surface area contributed by atoms with E-state index in [1.807, 2.05) is 24.5 Å². The van der Waals surface area contributed by atoms with Crippen molar-refractivity contribution in [1.29, 1.82) is 5.26 Å². The van der Waals surface area contributed by atoms with Gasteiger partial charge in [0.25, 0.3) is 0 Å². The minimum atomic E-state index is 0.585. The highest BCUT2D eigenvalue weighted by Gasteiger charge is 2.07. The third-order valence-corrected chi connectivity index (χ3v) is 3.20. The highest BCUT2D eigenvalue weighted by atomic mass is 32.2. The summed E-state index contributed by atoms with van der Waals surface area (Å²) in [6.07, 6.45) is 3.97. The maximum Gasteiger partial charge on any atom is 0.228 e. The molecule has 18 heavy (non-hydrogen) atoms. The average molecular weight is 260 g/mol. The van der Waals surface area contributed by atoms with Gasteiger partial charge < -0.3 is 9.84 Å². The molecule has 0 bridgehead atoms. The molecule has 92 valence electrons. The van der Waals surface area contributed by atoms with Gasteiger partial charge in [-0.3, -0.25) is 0 Å². The minimum absolute atomic E-state index is 0.585. The van der Waals surface area contributed by atoms with Gasteiger partial charge >= 0.3 is 0 Å². The largest absolute Gasteiger partial charge is 0.383 e. The number of hydrogen-bond donors (Lipinski definition) is 1. The number of hydrogen-bond acceptors (Lipinski definition) is 6. The van der Waals surface area contributed by atoms with Crippen LogP contribution in [-0.2, 0) is 6.42 Å². The van der Waals surface area contributed by atoms with Crippen LogP contribution in [0.15, 0.2) is 33.9 Å². The zero-order chi connectivity index (χ0) is 12.8. The lowest BCUT2D eigenvalue weighted by molar-refractivity contribution is 0.380. The van der Waals surface area contributed by atoms with Crippen LogP contribution in [0, 0.1) is 11.3 Å². The maximum atomic E-state index is 9.17. The van der Waals surface area contributed by atoms with Gasteiger partial charge in [-0.15, -0.1) is 11.8 Å². The van der Waals surface area contributed by atoms with E-state index in [0.29, 0.717) is 24.4 Å². The molecular formula is C12H12N4OS.